The SMILES string of the molecule is Cc1cccc(C(=O)c2ccsc2)c1I. The average Bonchev–Trinajstić information content (AvgIpc) is 2.74. The van der Waals surface area contributed by atoms with Crippen molar-refractivity contribution in [2.45, 2.75) is 6.92 Å². The summed E-state index contributed by atoms with van der Waals surface area (Å²) in [6.07, 6.45) is 0. The predicted molar refractivity (Wildman–Crippen MR) is 71.6 cm³/mol. The molecule has 0 aliphatic heterocycles. The van der Waals surface area contributed by atoms with E-state index < -0.39 is 0 Å². The molecule has 0 N–H and O–H groups in total. The van der Waals surface area contributed by atoms with Crippen LogP contribution in [0.5, 0.6) is 0 Å². The fourth-order valence-corrected chi connectivity index (χ4v) is 2.61. The maximum Gasteiger partial charge on any atom is 0.194 e. The highest BCUT2D eigenvalue weighted by molar-refractivity contribution is 14.1. The number of carbonyl (C=O) groups excluding carboxylic acids is 1. The van der Waals surface area contributed by atoms with Crippen LogP contribution in [0.2, 0.25) is 0 Å². The highest BCUT2D eigenvalue weighted by atomic mass is 127. The first kappa shape index (κ1) is 10.8. The van der Waals surface area contributed by atoms with E-state index in [0.717, 1.165) is 20.3 Å². The summed E-state index contributed by atoms with van der Waals surface area (Å²) in [4.78, 5) is 12.1. The molecule has 0 radical (unpaired) electrons. The molecule has 0 unspecified atom stereocenters. The molecule has 15 heavy (non-hydrogen) atoms. The number of rotatable bonds is 2. The van der Waals surface area contributed by atoms with Crippen molar-refractivity contribution in [3.05, 3.63) is 55.3 Å². The van der Waals surface area contributed by atoms with Gasteiger partial charge < -0.3 is 0 Å². The Balaban J connectivity index is 2.47. The smallest absolute Gasteiger partial charge is 0.194 e. The minimum Gasteiger partial charge on any atom is -0.289 e. The summed E-state index contributed by atoms with van der Waals surface area (Å²) in [5, 5.41) is 3.82. The van der Waals surface area contributed by atoms with E-state index in [1.165, 1.54) is 0 Å². The lowest BCUT2D eigenvalue weighted by Crippen LogP contribution is -2.03. The quantitative estimate of drug-likeness (QED) is 0.604. The van der Waals surface area contributed by atoms with Gasteiger partial charge in [0.05, 0.1) is 0 Å². The van der Waals surface area contributed by atoms with Crippen molar-refractivity contribution in [1.29, 1.82) is 0 Å². The fraction of sp³-hybridized carbons (Fsp3) is 0.0833. The Morgan fingerprint density at radius 1 is 1.33 bits per heavy atom. The third kappa shape index (κ3) is 2.13. The Bertz CT molecular complexity index is 488. The molecular formula is C12H9IOS. The number of aryl methyl sites for hydroxylation is 1. The van der Waals surface area contributed by atoms with Crippen LogP contribution in [-0.2, 0) is 0 Å². The summed E-state index contributed by atoms with van der Waals surface area (Å²) >= 11 is 3.78. The highest BCUT2D eigenvalue weighted by Gasteiger charge is 2.13. The van der Waals surface area contributed by atoms with Crippen molar-refractivity contribution < 1.29 is 4.79 Å². The van der Waals surface area contributed by atoms with Crippen LogP contribution in [0, 0.1) is 10.5 Å². The van der Waals surface area contributed by atoms with Gasteiger partial charge in [-0.15, -0.1) is 0 Å². The van der Waals surface area contributed by atoms with E-state index >= 15 is 0 Å². The Morgan fingerprint density at radius 2 is 2.13 bits per heavy atom. The van der Waals surface area contributed by atoms with Gasteiger partial charge in [-0.05, 0) is 52.6 Å². The first-order valence-electron chi connectivity index (χ1n) is 4.52. The van der Waals surface area contributed by atoms with Gasteiger partial charge in [0.25, 0.3) is 0 Å². The maximum atomic E-state index is 12.1. The van der Waals surface area contributed by atoms with E-state index in [-0.39, 0.29) is 5.78 Å². The van der Waals surface area contributed by atoms with Gasteiger partial charge in [-0.3, -0.25) is 4.79 Å². The van der Waals surface area contributed by atoms with E-state index in [9.17, 15) is 4.79 Å². The second kappa shape index (κ2) is 4.45. The van der Waals surface area contributed by atoms with E-state index in [0.29, 0.717) is 0 Å². The molecule has 2 rings (SSSR count). The molecule has 1 aromatic heterocycles. The lowest BCUT2D eigenvalue weighted by molar-refractivity contribution is 0.103. The Labute approximate surface area is 106 Å². The van der Waals surface area contributed by atoms with Gasteiger partial charge in [0.15, 0.2) is 5.78 Å². The Hall–Kier alpha value is -0.680. The van der Waals surface area contributed by atoms with E-state index in [2.05, 4.69) is 22.6 Å². The fourth-order valence-electron chi connectivity index (χ4n) is 1.37. The van der Waals surface area contributed by atoms with Crippen LogP contribution < -0.4 is 0 Å². The van der Waals surface area contributed by atoms with Crippen molar-refractivity contribution >= 4 is 39.7 Å². The molecule has 0 spiro atoms. The van der Waals surface area contributed by atoms with E-state index in [4.69, 9.17) is 0 Å². The molecule has 0 bridgehead atoms. The third-order valence-electron chi connectivity index (χ3n) is 2.22. The van der Waals surface area contributed by atoms with Crippen molar-refractivity contribution in [2.24, 2.45) is 0 Å². The van der Waals surface area contributed by atoms with Gasteiger partial charge in [0.2, 0.25) is 0 Å². The first-order chi connectivity index (χ1) is 7.20. The second-order valence-corrected chi connectivity index (χ2v) is 5.14. The lowest BCUT2D eigenvalue weighted by Gasteiger charge is -2.04. The third-order valence-corrected chi connectivity index (χ3v) is 4.33. The average molecular weight is 328 g/mol. The number of thiophene rings is 1. The molecule has 0 atom stereocenters. The van der Waals surface area contributed by atoms with Crippen molar-refractivity contribution in [3.63, 3.8) is 0 Å². The van der Waals surface area contributed by atoms with Gasteiger partial charge in [0, 0.05) is 20.1 Å². The molecule has 0 saturated carbocycles. The Morgan fingerprint density at radius 3 is 2.80 bits per heavy atom. The minimum absolute atomic E-state index is 0.115. The molecule has 0 fully saturated rings. The van der Waals surface area contributed by atoms with Gasteiger partial charge >= 0.3 is 0 Å². The van der Waals surface area contributed by atoms with Crippen LogP contribution in [0.3, 0.4) is 0 Å². The van der Waals surface area contributed by atoms with Crippen LogP contribution in [0.15, 0.2) is 35.0 Å². The summed E-state index contributed by atoms with van der Waals surface area (Å²) < 4.78 is 1.05. The summed E-state index contributed by atoms with van der Waals surface area (Å²) in [6, 6.07) is 7.70. The molecule has 1 nitrogen and oxygen atoms in total. The zero-order valence-electron chi connectivity index (χ0n) is 8.16. The first-order valence-corrected chi connectivity index (χ1v) is 6.54. The van der Waals surface area contributed by atoms with Crippen LogP contribution in [0.25, 0.3) is 0 Å². The number of carbonyl (C=O) groups is 1. The predicted octanol–water partition coefficient (Wildman–Crippen LogP) is 3.89. The molecule has 2 aromatic rings. The highest BCUT2D eigenvalue weighted by Crippen LogP contribution is 2.20. The van der Waals surface area contributed by atoms with Crippen molar-refractivity contribution in [1.82, 2.24) is 0 Å². The van der Waals surface area contributed by atoms with E-state index in [1.807, 2.05) is 41.9 Å². The van der Waals surface area contributed by atoms with E-state index in [1.54, 1.807) is 11.3 Å². The molecule has 1 aromatic carbocycles. The van der Waals surface area contributed by atoms with Crippen LogP contribution in [-0.4, -0.2) is 5.78 Å². The number of ketones is 1. The molecule has 0 aliphatic carbocycles. The molecule has 0 amide bonds. The largest absolute Gasteiger partial charge is 0.289 e. The Kier molecular flexibility index (Phi) is 3.21. The zero-order chi connectivity index (χ0) is 10.8. The minimum atomic E-state index is 0.115. The number of hydrogen-bond acceptors (Lipinski definition) is 2. The molecule has 76 valence electrons. The zero-order valence-corrected chi connectivity index (χ0v) is 11.1. The van der Waals surface area contributed by atoms with Gasteiger partial charge in [0.1, 0.15) is 0 Å². The summed E-state index contributed by atoms with van der Waals surface area (Å²) in [7, 11) is 0. The topological polar surface area (TPSA) is 17.1 Å². The second-order valence-electron chi connectivity index (χ2n) is 3.28. The molecule has 3 heteroatoms. The lowest BCUT2D eigenvalue weighted by atomic mass is 10.0. The number of hydrogen-bond donors (Lipinski definition) is 0. The standard InChI is InChI=1S/C12H9IOS/c1-8-3-2-4-10(11(8)13)12(14)9-5-6-15-7-9/h2-7H,1H3. The van der Waals surface area contributed by atoms with Gasteiger partial charge in [-0.2, -0.15) is 11.3 Å². The van der Waals surface area contributed by atoms with Gasteiger partial charge in [-0.25, -0.2) is 0 Å². The summed E-state index contributed by atoms with van der Waals surface area (Å²) in [5.41, 5.74) is 2.73. The number of halogens is 1. The maximum absolute atomic E-state index is 12.1. The molecule has 1 heterocycles. The normalized spacial score (nSPS) is 10.3. The molecule has 0 saturated heterocycles. The van der Waals surface area contributed by atoms with Crippen LogP contribution >= 0.6 is 33.9 Å². The van der Waals surface area contributed by atoms with Crippen molar-refractivity contribution in [2.75, 3.05) is 0 Å². The summed E-state index contributed by atoms with van der Waals surface area (Å²) in [5.74, 6) is 0.115. The van der Waals surface area contributed by atoms with Crippen LogP contribution in [0.1, 0.15) is 21.5 Å². The summed E-state index contributed by atoms with van der Waals surface area (Å²) in [6.45, 7) is 2.02. The number of benzene rings is 1. The monoisotopic (exact) mass is 328 g/mol. The molecular weight excluding hydrogens is 319 g/mol. The van der Waals surface area contributed by atoms with Crippen molar-refractivity contribution in [3.8, 4) is 0 Å². The van der Waals surface area contributed by atoms with Crippen LogP contribution in [0.4, 0.5) is 0 Å². The molecule has 0 aliphatic rings. The van der Waals surface area contributed by atoms with Gasteiger partial charge in [-0.1, -0.05) is 12.1 Å².